The number of phenolic OH excluding ortho intramolecular Hbond substituents is 1. The first kappa shape index (κ1) is 17.5. The van der Waals surface area contributed by atoms with Crippen LogP contribution in [0, 0.1) is 5.92 Å². The molecule has 0 fully saturated rings. The van der Waals surface area contributed by atoms with Gasteiger partial charge in [0.05, 0.1) is 0 Å². The first-order valence-electron chi connectivity index (χ1n) is 7.64. The van der Waals surface area contributed by atoms with Gasteiger partial charge in [0.25, 0.3) is 0 Å². The number of benzene rings is 1. The molecule has 0 aromatic heterocycles. The molecule has 0 saturated heterocycles. The molecule has 0 aliphatic rings. The van der Waals surface area contributed by atoms with Gasteiger partial charge in [-0.15, -0.1) is 0 Å². The van der Waals surface area contributed by atoms with E-state index in [0.29, 0.717) is 17.7 Å². The number of aromatic hydroxyl groups is 1. The van der Waals surface area contributed by atoms with Crippen LogP contribution in [0.1, 0.15) is 59.1 Å². The molecule has 114 valence electrons. The van der Waals surface area contributed by atoms with E-state index in [4.69, 9.17) is 0 Å². The molecular weight excluding hydrogens is 314 g/mol. The van der Waals surface area contributed by atoms with Crippen LogP contribution >= 0.6 is 15.9 Å². The van der Waals surface area contributed by atoms with Gasteiger partial charge in [-0.3, -0.25) is 4.90 Å². The van der Waals surface area contributed by atoms with E-state index < -0.39 is 0 Å². The molecule has 0 spiro atoms. The zero-order valence-electron chi connectivity index (χ0n) is 13.4. The van der Waals surface area contributed by atoms with E-state index >= 15 is 0 Å². The second-order valence-corrected chi connectivity index (χ2v) is 6.86. The highest BCUT2D eigenvalue weighted by molar-refractivity contribution is 9.10. The Hall–Kier alpha value is -0.540. The summed E-state index contributed by atoms with van der Waals surface area (Å²) >= 11 is 3.51. The van der Waals surface area contributed by atoms with Gasteiger partial charge < -0.3 is 5.11 Å². The Morgan fingerprint density at radius 1 is 1.15 bits per heavy atom. The number of hydrogen-bond acceptors (Lipinski definition) is 2. The molecule has 1 N–H and O–H groups in total. The molecule has 1 rings (SSSR count). The molecule has 3 heteroatoms. The maximum atomic E-state index is 10.2. The van der Waals surface area contributed by atoms with Gasteiger partial charge in [0.1, 0.15) is 5.75 Å². The van der Waals surface area contributed by atoms with Crippen molar-refractivity contribution in [1.29, 1.82) is 0 Å². The van der Waals surface area contributed by atoms with Crippen molar-refractivity contribution < 1.29 is 5.11 Å². The number of rotatable bonds is 7. The van der Waals surface area contributed by atoms with Gasteiger partial charge in [0.2, 0.25) is 0 Å². The fourth-order valence-electron chi connectivity index (χ4n) is 2.84. The monoisotopic (exact) mass is 341 g/mol. The Kier molecular flexibility index (Phi) is 7.04. The molecule has 2 nitrogen and oxygen atoms in total. The summed E-state index contributed by atoms with van der Waals surface area (Å²) < 4.78 is 1.02. The molecule has 0 heterocycles. The van der Waals surface area contributed by atoms with Gasteiger partial charge in [-0.2, -0.15) is 0 Å². The number of hydrogen-bond donors (Lipinski definition) is 1. The summed E-state index contributed by atoms with van der Waals surface area (Å²) in [6.45, 7) is 12.2. The molecule has 0 aliphatic carbocycles. The van der Waals surface area contributed by atoms with Crippen LogP contribution in [-0.2, 0) is 0 Å². The lowest BCUT2D eigenvalue weighted by Crippen LogP contribution is -2.39. The maximum absolute atomic E-state index is 10.2. The normalized spacial score (nSPS) is 13.4. The molecule has 1 aromatic rings. The van der Waals surface area contributed by atoms with Gasteiger partial charge in [0.15, 0.2) is 0 Å². The van der Waals surface area contributed by atoms with Gasteiger partial charge in [-0.05, 0) is 43.9 Å². The van der Waals surface area contributed by atoms with Crippen LogP contribution in [0.3, 0.4) is 0 Å². The average molecular weight is 342 g/mol. The highest BCUT2D eigenvalue weighted by Gasteiger charge is 2.24. The fraction of sp³-hybridized carbons (Fsp3) is 0.647. The minimum Gasteiger partial charge on any atom is -0.508 e. The maximum Gasteiger partial charge on any atom is 0.120 e. The Balaban J connectivity index is 3.08. The van der Waals surface area contributed by atoms with Crippen LogP contribution in [0.2, 0.25) is 0 Å². The first-order valence-corrected chi connectivity index (χ1v) is 8.44. The Morgan fingerprint density at radius 2 is 1.75 bits per heavy atom. The predicted octanol–water partition coefficient (Wildman–Crippen LogP) is 5.36. The average Bonchev–Trinajstić information content (AvgIpc) is 2.40. The third-order valence-electron chi connectivity index (χ3n) is 3.92. The van der Waals surface area contributed by atoms with Gasteiger partial charge in [0, 0.05) is 28.7 Å². The topological polar surface area (TPSA) is 23.5 Å². The third kappa shape index (κ3) is 4.49. The molecule has 1 atom stereocenters. The Labute approximate surface area is 132 Å². The predicted molar refractivity (Wildman–Crippen MR) is 90.1 cm³/mol. The largest absolute Gasteiger partial charge is 0.508 e. The highest BCUT2D eigenvalue weighted by Crippen LogP contribution is 2.33. The zero-order valence-corrected chi connectivity index (χ0v) is 14.9. The van der Waals surface area contributed by atoms with Crippen molar-refractivity contribution in [2.24, 2.45) is 5.92 Å². The van der Waals surface area contributed by atoms with Crippen LogP contribution in [0.4, 0.5) is 0 Å². The van der Waals surface area contributed by atoms with Crippen molar-refractivity contribution in [2.75, 3.05) is 6.54 Å². The first-order chi connectivity index (χ1) is 9.40. The molecule has 0 amide bonds. The lowest BCUT2D eigenvalue weighted by Gasteiger charge is -2.37. The lowest BCUT2D eigenvalue weighted by molar-refractivity contribution is 0.116. The third-order valence-corrected chi connectivity index (χ3v) is 4.42. The molecule has 1 unspecified atom stereocenters. The van der Waals surface area contributed by atoms with Crippen molar-refractivity contribution in [3.8, 4) is 5.75 Å². The van der Waals surface area contributed by atoms with Crippen molar-refractivity contribution in [3.05, 3.63) is 28.2 Å². The summed E-state index contributed by atoms with van der Waals surface area (Å²) in [7, 11) is 0. The molecule has 0 bridgehead atoms. The van der Waals surface area contributed by atoms with Gasteiger partial charge >= 0.3 is 0 Å². The quantitative estimate of drug-likeness (QED) is 0.721. The minimum absolute atomic E-state index is 0.222. The van der Waals surface area contributed by atoms with E-state index in [1.807, 2.05) is 12.1 Å². The van der Waals surface area contributed by atoms with E-state index in [1.165, 1.54) is 0 Å². The molecule has 0 saturated carbocycles. The summed E-state index contributed by atoms with van der Waals surface area (Å²) in [5.41, 5.74) is 1.01. The Bertz CT molecular complexity index is 415. The van der Waals surface area contributed by atoms with Gasteiger partial charge in [-0.25, -0.2) is 0 Å². The standard InChI is InChI=1S/C17H28BrNO/c1-6-15(7-2)19(11-12(3)4)13(5)16-10-14(18)8-9-17(16)20/h8-10,12-13,15,20H,6-7,11H2,1-5H3. The summed E-state index contributed by atoms with van der Waals surface area (Å²) in [5.74, 6) is 1.01. The fourth-order valence-corrected chi connectivity index (χ4v) is 3.22. The number of nitrogens with zero attached hydrogens (tertiary/aromatic N) is 1. The van der Waals surface area contributed by atoms with E-state index in [9.17, 15) is 5.11 Å². The highest BCUT2D eigenvalue weighted by atomic mass is 79.9. The zero-order chi connectivity index (χ0) is 15.3. The smallest absolute Gasteiger partial charge is 0.120 e. The molecule has 20 heavy (non-hydrogen) atoms. The summed E-state index contributed by atoms with van der Waals surface area (Å²) in [5, 5.41) is 10.2. The summed E-state index contributed by atoms with van der Waals surface area (Å²) in [6.07, 6.45) is 2.28. The summed E-state index contributed by atoms with van der Waals surface area (Å²) in [4.78, 5) is 2.53. The van der Waals surface area contributed by atoms with Crippen molar-refractivity contribution in [2.45, 2.75) is 59.5 Å². The number of halogens is 1. The van der Waals surface area contributed by atoms with Gasteiger partial charge in [-0.1, -0.05) is 43.6 Å². The molecular formula is C17H28BrNO. The lowest BCUT2D eigenvalue weighted by atomic mass is 9.99. The van der Waals surface area contributed by atoms with Crippen LogP contribution < -0.4 is 0 Å². The Morgan fingerprint density at radius 3 is 2.25 bits per heavy atom. The second kappa shape index (κ2) is 8.04. The van der Waals surface area contributed by atoms with E-state index in [1.54, 1.807) is 6.07 Å². The van der Waals surface area contributed by atoms with Crippen molar-refractivity contribution in [1.82, 2.24) is 4.90 Å². The van der Waals surface area contributed by atoms with Crippen LogP contribution in [0.15, 0.2) is 22.7 Å². The van der Waals surface area contributed by atoms with Crippen LogP contribution in [0.5, 0.6) is 5.75 Å². The van der Waals surface area contributed by atoms with Crippen LogP contribution in [0.25, 0.3) is 0 Å². The SMILES string of the molecule is CCC(CC)N(CC(C)C)C(C)c1cc(Br)ccc1O. The van der Waals surface area contributed by atoms with Crippen molar-refractivity contribution >= 4 is 15.9 Å². The minimum atomic E-state index is 0.222. The molecule has 0 radical (unpaired) electrons. The molecule has 1 aromatic carbocycles. The molecule has 0 aliphatic heterocycles. The van der Waals surface area contributed by atoms with Crippen molar-refractivity contribution in [3.63, 3.8) is 0 Å². The van der Waals surface area contributed by atoms with E-state index in [2.05, 4.69) is 55.4 Å². The van der Waals surface area contributed by atoms with E-state index in [0.717, 1.165) is 29.4 Å². The van der Waals surface area contributed by atoms with Crippen LogP contribution in [-0.4, -0.2) is 22.6 Å². The number of phenols is 1. The summed E-state index contributed by atoms with van der Waals surface area (Å²) in [6, 6.07) is 6.48. The second-order valence-electron chi connectivity index (χ2n) is 5.94. The van der Waals surface area contributed by atoms with E-state index in [-0.39, 0.29) is 6.04 Å².